The van der Waals surface area contributed by atoms with Gasteiger partial charge in [0.15, 0.2) is 0 Å². The van der Waals surface area contributed by atoms with Crippen LogP contribution in [0.25, 0.3) is 11.3 Å². The van der Waals surface area contributed by atoms with E-state index in [1.165, 1.54) is 0 Å². The second-order valence-electron chi connectivity index (χ2n) is 6.04. The molecular weight excluding hydrogens is 274 g/mol. The maximum absolute atomic E-state index is 12.1. The van der Waals surface area contributed by atoms with Crippen molar-refractivity contribution in [3.8, 4) is 11.3 Å². The summed E-state index contributed by atoms with van der Waals surface area (Å²) < 4.78 is 0. The number of aliphatic hydroxyl groups is 1. The Labute approximate surface area is 131 Å². The van der Waals surface area contributed by atoms with Gasteiger partial charge in [0.2, 0.25) is 0 Å². The molecule has 3 atom stereocenters. The minimum absolute atomic E-state index is 0.0689. The Balaban J connectivity index is 2.06. The van der Waals surface area contributed by atoms with E-state index in [0.717, 1.165) is 29.7 Å². The van der Waals surface area contributed by atoms with E-state index in [2.05, 4.69) is 17.1 Å². The molecule has 1 aliphatic carbocycles. The largest absolute Gasteiger partial charge is 0.392 e. The maximum atomic E-state index is 12.1. The molecule has 2 aromatic rings. The second kappa shape index (κ2) is 6.41. The highest BCUT2D eigenvalue weighted by Crippen LogP contribution is 2.41. The van der Waals surface area contributed by atoms with Crippen LogP contribution in [0.1, 0.15) is 37.7 Å². The van der Waals surface area contributed by atoms with Crippen LogP contribution < -0.4 is 0 Å². The zero-order valence-corrected chi connectivity index (χ0v) is 12.8. The Morgan fingerprint density at radius 1 is 1.14 bits per heavy atom. The van der Waals surface area contributed by atoms with Crippen LogP contribution in [0.3, 0.4) is 0 Å². The van der Waals surface area contributed by atoms with Gasteiger partial charge in [-0.1, -0.05) is 36.8 Å². The summed E-state index contributed by atoms with van der Waals surface area (Å²) in [5, 5.41) is 10.3. The molecule has 3 nitrogen and oxygen atoms in total. The van der Waals surface area contributed by atoms with E-state index in [1.807, 2.05) is 30.3 Å². The molecule has 0 radical (unpaired) electrons. The van der Waals surface area contributed by atoms with E-state index in [1.54, 1.807) is 13.1 Å². The number of Topliss-reactive ketones (excluding diaryl/α,β-unsaturated/α-hetero) is 1. The molecule has 3 rings (SSSR count). The fraction of sp³-hybridized carbons (Fsp3) is 0.368. The van der Waals surface area contributed by atoms with Gasteiger partial charge in [0.25, 0.3) is 0 Å². The predicted octanol–water partition coefficient (Wildman–Crippen LogP) is 3.58. The van der Waals surface area contributed by atoms with Gasteiger partial charge >= 0.3 is 0 Å². The molecule has 3 heteroatoms. The summed E-state index contributed by atoms with van der Waals surface area (Å²) in [4.78, 5) is 16.5. The Bertz CT molecular complexity index is 653. The molecule has 22 heavy (non-hydrogen) atoms. The third-order valence-corrected chi connectivity index (χ3v) is 4.63. The SMILES string of the molecule is CC(=O)[C@@H]1[C@H](O)CCC[C@H]1c1ccccc1-c1ccccn1. The number of hydrogen-bond acceptors (Lipinski definition) is 3. The Hall–Kier alpha value is -2.00. The lowest BCUT2D eigenvalue weighted by atomic mass is 9.71. The van der Waals surface area contributed by atoms with Crippen molar-refractivity contribution in [1.82, 2.24) is 4.98 Å². The molecule has 1 saturated carbocycles. The van der Waals surface area contributed by atoms with Crippen LogP contribution in [0.4, 0.5) is 0 Å². The van der Waals surface area contributed by atoms with E-state index >= 15 is 0 Å². The van der Waals surface area contributed by atoms with Crippen LogP contribution in [0.15, 0.2) is 48.7 Å². The minimum atomic E-state index is -0.534. The lowest BCUT2D eigenvalue weighted by Crippen LogP contribution is -2.36. The van der Waals surface area contributed by atoms with Gasteiger partial charge in [0.05, 0.1) is 17.7 Å². The number of aromatic nitrogens is 1. The number of pyridine rings is 1. The third-order valence-electron chi connectivity index (χ3n) is 4.63. The molecule has 0 saturated heterocycles. The van der Waals surface area contributed by atoms with E-state index in [-0.39, 0.29) is 17.6 Å². The van der Waals surface area contributed by atoms with Crippen molar-refractivity contribution in [2.45, 2.75) is 38.2 Å². The smallest absolute Gasteiger partial charge is 0.136 e. The molecule has 1 heterocycles. The van der Waals surface area contributed by atoms with Crippen LogP contribution in [-0.4, -0.2) is 22.0 Å². The normalized spacial score (nSPS) is 24.9. The number of rotatable bonds is 3. The lowest BCUT2D eigenvalue weighted by molar-refractivity contribution is -0.126. The molecule has 0 spiro atoms. The van der Waals surface area contributed by atoms with Crippen LogP contribution in [0.5, 0.6) is 0 Å². The Kier molecular flexibility index (Phi) is 4.34. The summed E-state index contributed by atoms with van der Waals surface area (Å²) in [5.74, 6) is -0.161. The van der Waals surface area contributed by atoms with Crippen molar-refractivity contribution in [3.63, 3.8) is 0 Å². The molecule has 114 valence electrons. The zero-order chi connectivity index (χ0) is 15.5. The summed E-state index contributed by atoms with van der Waals surface area (Å²) in [5.41, 5.74) is 3.11. The molecule has 0 unspecified atom stereocenters. The molecule has 0 amide bonds. The third kappa shape index (κ3) is 2.81. The van der Waals surface area contributed by atoms with Crippen LogP contribution in [0, 0.1) is 5.92 Å². The van der Waals surface area contributed by atoms with Gasteiger partial charge in [-0.3, -0.25) is 9.78 Å². The fourth-order valence-electron chi connectivity index (χ4n) is 3.65. The average molecular weight is 295 g/mol. The first-order chi connectivity index (χ1) is 10.7. The van der Waals surface area contributed by atoms with Gasteiger partial charge in [0.1, 0.15) is 5.78 Å². The topological polar surface area (TPSA) is 50.2 Å². The van der Waals surface area contributed by atoms with Gasteiger partial charge in [-0.15, -0.1) is 0 Å². The van der Waals surface area contributed by atoms with Crippen LogP contribution in [-0.2, 0) is 4.79 Å². The quantitative estimate of drug-likeness (QED) is 0.941. The molecule has 0 bridgehead atoms. The highest BCUT2D eigenvalue weighted by atomic mass is 16.3. The highest BCUT2D eigenvalue weighted by molar-refractivity contribution is 5.81. The molecule has 1 fully saturated rings. The molecule has 0 aliphatic heterocycles. The molecular formula is C19H21NO2. The summed E-state index contributed by atoms with van der Waals surface area (Å²) in [6.45, 7) is 1.59. The summed E-state index contributed by atoms with van der Waals surface area (Å²) in [6, 6.07) is 14.0. The van der Waals surface area contributed by atoms with Crippen molar-refractivity contribution >= 4 is 5.78 Å². The molecule has 1 N–H and O–H groups in total. The molecule has 1 aromatic heterocycles. The number of hydrogen-bond donors (Lipinski definition) is 1. The number of ketones is 1. The predicted molar refractivity (Wildman–Crippen MR) is 86.4 cm³/mol. The van der Waals surface area contributed by atoms with Gasteiger partial charge in [0, 0.05) is 11.8 Å². The van der Waals surface area contributed by atoms with Gasteiger partial charge in [-0.2, -0.15) is 0 Å². The van der Waals surface area contributed by atoms with Gasteiger partial charge in [-0.05, 0) is 43.4 Å². The van der Waals surface area contributed by atoms with Crippen LogP contribution >= 0.6 is 0 Å². The monoisotopic (exact) mass is 295 g/mol. The lowest BCUT2D eigenvalue weighted by Gasteiger charge is -2.35. The van der Waals surface area contributed by atoms with E-state index in [4.69, 9.17) is 0 Å². The van der Waals surface area contributed by atoms with Gasteiger partial charge in [-0.25, -0.2) is 0 Å². The van der Waals surface area contributed by atoms with Crippen molar-refractivity contribution in [2.24, 2.45) is 5.92 Å². The van der Waals surface area contributed by atoms with Crippen LogP contribution in [0.2, 0.25) is 0 Å². The number of carbonyl (C=O) groups excluding carboxylic acids is 1. The zero-order valence-electron chi connectivity index (χ0n) is 12.8. The summed E-state index contributed by atoms with van der Waals surface area (Å²) in [6.07, 6.45) is 3.85. The van der Waals surface area contributed by atoms with E-state index in [9.17, 15) is 9.90 Å². The highest BCUT2D eigenvalue weighted by Gasteiger charge is 2.37. The molecule has 1 aromatic carbocycles. The number of nitrogens with zero attached hydrogens (tertiary/aromatic N) is 1. The fourth-order valence-corrected chi connectivity index (χ4v) is 3.65. The first-order valence-electron chi connectivity index (χ1n) is 7.87. The van der Waals surface area contributed by atoms with Crippen molar-refractivity contribution in [1.29, 1.82) is 0 Å². The summed E-state index contributed by atoms with van der Waals surface area (Å²) >= 11 is 0. The van der Waals surface area contributed by atoms with E-state index in [0.29, 0.717) is 6.42 Å². The van der Waals surface area contributed by atoms with Crippen molar-refractivity contribution in [3.05, 3.63) is 54.2 Å². The number of benzene rings is 1. The Morgan fingerprint density at radius 2 is 1.91 bits per heavy atom. The standard InChI is InChI=1S/C19H21NO2/c1-13(21)19-16(9-6-11-18(19)22)14-7-2-3-8-15(14)17-10-4-5-12-20-17/h2-5,7-8,10,12,16,18-19,22H,6,9,11H2,1H3/t16-,18+,19-/m0/s1. The Morgan fingerprint density at radius 3 is 2.64 bits per heavy atom. The average Bonchev–Trinajstić information content (AvgIpc) is 2.55. The maximum Gasteiger partial charge on any atom is 0.136 e. The first kappa shape index (κ1) is 14.9. The van der Waals surface area contributed by atoms with E-state index < -0.39 is 6.10 Å². The minimum Gasteiger partial charge on any atom is -0.392 e. The van der Waals surface area contributed by atoms with Gasteiger partial charge < -0.3 is 5.11 Å². The summed E-state index contributed by atoms with van der Waals surface area (Å²) in [7, 11) is 0. The first-order valence-corrected chi connectivity index (χ1v) is 7.87. The van der Waals surface area contributed by atoms with Crippen molar-refractivity contribution in [2.75, 3.05) is 0 Å². The molecule has 1 aliphatic rings. The number of carbonyl (C=O) groups is 1. The second-order valence-corrected chi connectivity index (χ2v) is 6.04. The number of aliphatic hydroxyl groups excluding tert-OH is 1. The van der Waals surface area contributed by atoms with Crippen molar-refractivity contribution < 1.29 is 9.90 Å².